The number of nitrogens with one attached hydrogen (secondary N) is 1. The van der Waals surface area contributed by atoms with E-state index >= 15 is 0 Å². The Morgan fingerprint density at radius 3 is 2.79 bits per heavy atom. The number of nitrogens with zero attached hydrogens (tertiary/aromatic N) is 2. The lowest BCUT2D eigenvalue weighted by Gasteiger charge is -2.07. The molecule has 3 rings (SSSR count). The zero-order valence-corrected chi connectivity index (χ0v) is 13.4. The van der Waals surface area contributed by atoms with Gasteiger partial charge in [-0.25, -0.2) is 0 Å². The predicted molar refractivity (Wildman–Crippen MR) is 90.1 cm³/mol. The molecule has 0 aliphatic carbocycles. The molecule has 122 valence electrons. The number of aromatic nitrogens is 2. The van der Waals surface area contributed by atoms with Gasteiger partial charge in [-0.1, -0.05) is 31.2 Å². The van der Waals surface area contributed by atoms with E-state index in [2.05, 4.69) is 15.5 Å². The number of amides is 1. The molecule has 0 fully saturated rings. The van der Waals surface area contributed by atoms with Crippen molar-refractivity contribution in [3.05, 3.63) is 60.0 Å². The van der Waals surface area contributed by atoms with Crippen molar-refractivity contribution >= 4 is 11.6 Å². The molecule has 0 bridgehead atoms. The molecule has 0 aliphatic heterocycles. The summed E-state index contributed by atoms with van der Waals surface area (Å²) < 4.78 is 10.7. The maximum Gasteiger partial charge on any atom is 0.313 e. The molecule has 0 radical (unpaired) electrons. The van der Waals surface area contributed by atoms with Crippen LogP contribution >= 0.6 is 0 Å². The minimum absolute atomic E-state index is 0.0845. The van der Waals surface area contributed by atoms with Crippen molar-refractivity contribution in [2.24, 2.45) is 0 Å². The zero-order valence-electron chi connectivity index (χ0n) is 13.4. The van der Waals surface area contributed by atoms with E-state index in [0.29, 0.717) is 11.3 Å². The van der Waals surface area contributed by atoms with Crippen molar-refractivity contribution in [1.29, 1.82) is 0 Å². The van der Waals surface area contributed by atoms with Crippen molar-refractivity contribution in [2.45, 2.75) is 13.3 Å². The molecule has 0 saturated heterocycles. The van der Waals surface area contributed by atoms with E-state index in [0.717, 1.165) is 17.7 Å². The summed E-state index contributed by atoms with van der Waals surface area (Å²) in [4.78, 5) is 12.3. The molecular formula is C18H17N3O3. The number of rotatable bonds is 5. The summed E-state index contributed by atoms with van der Waals surface area (Å²) in [5, 5.41) is 10.6. The first kappa shape index (κ1) is 15.7. The van der Waals surface area contributed by atoms with Gasteiger partial charge in [0, 0.05) is 11.3 Å². The lowest BCUT2D eigenvalue weighted by atomic mass is 10.1. The fraction of sp³-hybridized carbons (Fsp3) is 0.167. The Morgan fingerprint density at radius 1 is 1.17 bits per heavy atom. The topological polar surface area (TPSA) is 77.2 Å². The smallest absolute Gasteiger partial charge is 0.313 e. The maximum absolute atomic E-state index is 12.3. The third-order valence-electron chi connectivity index (χ3n) is 3.58. The summed E-state index contributed by atoms with van der Waals surface area (Å²) >= 11 is 0. The molecule has 2 aromatic carbocycles. The first-order chi connectivity index (χ1) is 11.7. The Kier molecular flexibility index (Phi) is 4.56. The molecule has 1 aromatic heterocycles. The number of aryl methyl sites for hydroxylation is 1. The summed E-state index contributed by atoms with van der Waals surface area (Å²) in [6.45, 7) is 2.03. The second-order valence-electron chi connectivity index (χ2n) is 5.11. The molecule has 1 heterocycles. The minimum Gasteiger partial charge on any atom is -0.497 e. The first-order valence-electron chi connectivity index (χ1n) is 7.58. The second kappa shape index (κ2) is 6.95. The summed E-state index contributed by atoms with van der Waals surface area (Å²) in [5.74, 6) is 0.424. The van der Waals surface area contributed by atoms with Crippen LogP contribution in [0.2, 0.25) is 0 Å². The molecule has 0 spiro atoms. The fourth-order valence-electron chi connectivity index (χ4n) is 2.31. The van der Waals surface area contributed by atoms with Gasteiger partial charge in [0.1, 0.15) is 5.75 Å². The molecule has 1 N–H and O–H groups in total. The van der Waals surface area contributed by atoms with E-state index in [1.54, 1.807) is 13.2 Å². The number of carbonyl (C=O) groups excluding carboxylic acids is 1. The summed E-state index contributed by atoms with van der Waals surface area (Å²) in [6.07, 6.45) is 0.815. The monoisotopic (exact) mass is 323 g/mol. The Balaban J connectivity index is 1.81. The second-order valence-corrected chi connectivity index (χ2v) is 5.11. The molecule has 0 atom stereocenters. The SMILES string of the molecule is CCc1ccccc1NC(=O)c1nnc(-c2cccc(OC)c2)o1. The van der Waals surface area contributed by atoms with Gasteiger partial charge in [0.2, 0.25) is 5.89 Å². The average molecular weight is 323 g/mol. The first-order valence-corrected chi connectivity index (χ1v) is 7.58. The Hall–Kier alpha value is -3.15. The molecule has 0 aliphatic rings. The highest BCUT2D eigenvalue weighted by Gasteiger charge is 2.17. The summed E-state index contributed by atoms with van der Waals surface area (Å²) in [5.41, 5.74) is 2.47. The Morgan fingerprint density at radius 2 is 2.00 bits per heavy atom. The van der Waals surface area contributed by atoms with Crippen LogP contribution in [0.25, 0.3) is 11.5 Å². The number of hydrogen-bond acceptors (Lipinski definition) is 5. The van der Waals surface area contributed by atoms with Crippen molar-refractivity contribution < 1.29 is 13.9 Å². The van der Waals surface area contributed by atoms with E-state index in [1.807, 2.05) is 49.4 Å². The Labute approximate surface area is 139 Å². The van der Waals surface area contributed by atoms with Crippen molar-refractivity contribution in [3.8, 4) is 17.2 Å². The highest BCUT2D eigenvalue weighted by atomic mass is 16.5. The van der Waals surface area contributed by atoms with Gasteiger partial charge in [0.25, 0.3) is 0 Å². The predicted octanol–water partition coefficient (Wildman–Crippen LogP) is 3.56. The zero-order chi connectivity index (χ0) is 16.9. The van der Waals surface area contributed by atoms with Crippen LogP contribution < -0.4 is 10.1 Å². The number of anilines is 1. The van der Waals surface area contributed by atoms with E-state index in [4.69, 9.17) is 9.15 Å². The van der Waals surface area contributed by atoms with Gasteiger partial charge < -0.3 is 14.5 Å². The molecular weight excluding hydrogens is 306 g/mol. The summed E-state index contributed by atoms with van der Waals surface area (Å²) in [7, 11) is 1.58. The van der Waals surface area contributed by atoms with Crippen molar-refractivity contribution in [2.75, 3.05) is 12.4 Å². The van der Waals surface area contributed by atoms with Crippen LogP contribution in [0.1, 0.15) is 23.2 Å². The van der Waals surface area contributed by atoms with Gasteiger partial charge in [-0.15, -0.1) is 10.2 Å². The average Bonchev–Trinajstić information content (AvgIpc) is 3.12. The van der Waals surface area contributed by atoms with Gasteiger partial charge in [-0.2, -0.15) is 0 Å². The minimum atomic E-state index is -0.433. The maximum atomic E-state index is 12.3. The molecule has 0 saturated carbocycles. The fourth-order valence-corrected chi connectivity index (χ4v) is 2.31. The highest BCUT2D eigenvalue weighted by molar-refractivity contribution is 6.01. The molecule has 3 aromatic rings. The van der Waals surface area contributed by atoms with Crippen LogP contribution in [0.5, 0.6) is 5.75 Å². The molecule has 1 amide bonds. The normalized spacial score (nSPS) is 10.4. The van der Waals surface area contributed by atoms with Gasteiger partial charge in [-0.3, -0.25) is 4.79 Å². The highest BCUT2D eigenvalue weighted by Crippen LogP contribution is 2.23. The lowest BCUT2D eigenvalue weighted by molar-refractivity contribution is 0.0990. The number of benzene rings is 2. The van der Waals surface area contributed by atoms with Crippen LogP contribution in [0.3, 0.4) is 0 Å². The third kappa shape index (κ3) is 3.27. The summed E-state index contributed by atoms with van der Waals surface area (Å²) in [6, 6.07) is 14.8. The number of hydrogen-bond donors (Lipinski definition) is 1. The van der Waals surface area contributed by atoms with Crippen molar-refractivity contribution in [1.82, 2.24) is 10.2 Å². The van der Waals surface area contributed by atoms with Crippen LogP contribution in [-0.2, 0) is 6.42 Å². The van der Waals surface area contributed by atoms with Gasteiger partial charge in [-0.05, 0) is 36.2 Å². The third-order valence-corrected chi connectivity index (χ3v) is 3.58. The van der Waals surface area contributed by atoms with Gasteiger partial charge in [0.15, 0.2) is 0 Å². The van der Waals surface area contributed by atoms with E-state index in [9.17, 15) is 4.79 Å². The number of carbonyl (C=O) groups is 1. The van der Waals surface area contributed by atoms with Crippen LogP contribution in [-0.4, -0.2) is 23.2 Å². The number of para-hydroxylation sites is 1. The number of methoxy groups -OCH3 is 1. The van der Waals surface area contributed by atoms with Crippen molar-refractivity contribution in [3.63, 3.8) is 0 Å². The van der Waals surface area contributed by atoms with Crippen LogP contribution in [0.4, 0.5) is 5.69 Å². The lowest BCUT2D eigenvalue weighted by Crippen LogP contribution is -2.13. The van der Waals surface area contributed by atoms with Crippen LogP contribution in [0, 0.1) is 0 Å². The van der Waals surface area contributed by atoms with E-state index in [1.165, 1.54) is 0 Å². The van der Waals surface area contributed by atoms with E-state index in [-0.39, 0.29) is 11.8 Å². The number of ether oxygens (including phenoxy) is 1. The quantitative estimate of drug-likeness (QED) is 0.777. The molecule has 6 heteroatoms. The van der Waals surface area contributed by atoms with Gasteiger partial charge >= 0.3 is 11.8 Å². The molecule has 6 nitrogen and oxygen atoms in total. The van der Waals surface area contributed by atoms with Gasteiger partial charge in [0.05, 0.1) is 7.11 Å². The van der Waals surface area contributed by atoms with E-state index < -0.39 is 5.91 Å². The standard InChI is InChI=1S/C18H17N3O3/c1-3-12-7-4-5-10-15(12)19-16(22)18-21-20-17(24-18)13-8-6-9-14(11-13)23-2/h4-11H,3H2,1-2H3,(H,19,22). The molecule has 0 unspecified atom stereocenters. The van der Waals surface area contributed by atoms with Crippen LogP contribution in [0.15, 0.2) is 52.9 Å². The molecule has 24 heavy (non-hydrogen) atoms. The Bertz CT molecular complexity index is 858. The largest absolute Gasteiger partial charge is 0.497 e.